The van der Waals surface area contributed by atoms with Crippen LogP contribution in [-0.2, 0) is 9.53 Å². The molecular formula is C16H32N2O2. The third-order valence-corrected chi connectivity index (χ3v) is 3.92. The van der Waals surface area contributed by atoms with Gasteiger partial charge in [-0.3, -0.25) is 4.79 Å². The van der Waals surface area contributed by atoms with Crippen LogP contribution in [0.5, 0.6) is 0 Å². The van der Waals surface area contributed by atoms with E-state index < -0.39 is 0 Å². The SMILES string of the molecule is CCCCCCCCCNC(C)C(=O)N1CCOCC1. The summed E-state index contributed by atoms with van der Waals surface area (Å²) < 4.78 is 5.27. The average molecular weight is 284 g/mol. The van der Waals surface area contributed by atoms with Crippen molar-refractivity contribution >= 4 is 5.91 Å². The summed E-state index contributed by atoms with van der Waals surface area (Å²) in [5.41, 5.74) is 0. The molecular weight excluding hydrogens is 252 g/mol. The zero-order chi connectivity index (χ0) is 14.6. The van der Waals surface area contributed by atoms with Crippen LogP contribution in [0.4, 0.5) is 0 Å². The Morgan fingerprint density at radius 3 is 2.35 bits per heavy atom. The minimum absolute atomic E-state index is 0.0619. The maximum atomic E-state index is 12.1. The van der Waals surface area contributed by atoms with E-state index in [9.17, 15) is 4.79 Å². The molecule has 1 heterocycles. The van der Waals surface area contributed by atoms with Crippen molar-refractivity contribution in [1.82, 2.24) is 10.2 Å². The number of amides is 1. The van der Waals surface area contributed by atoms with Crippen LogP contribution in [0.3, 0.4) is 0 Å². The predicted molar refractivity (Wildman–Crippen MR) is 82.9 cm³/mol. The van der Waals surface area contributed by atoms with E-state index in [1.807, 2.05) is 11.8 Å². The Morgan fingerprint density at radius 2 is 1.70 bits per heavy atom. The van der Waals surface area contributed by atoms with Crippen molar-refractivity contribution in [2.24, 2.45) is 0 Å². The van der Waals surface area contributed by atoms with Crippen LogP contribution >= 0.6 is 0 Å². The summed E-state index contributed by atoms with van der Waals surface area (Å²) in [7, 11) is 0. The molecule has 0 radical (unpaired) electrons. The molecule has 118 valence electrons. The van der Waals surface area contributed by atoms with Crippen molar-refractivity contribution in [2.75, 3.05) is 32.8 Å². The summed E-state index contributed by atoms with van der Waals surface area (Å²) in [5, 5.41) is 3.35. The Bertz CT molecular complexity index is 253. The van der Waals surface area contributed by atoms with Gasteiger partial charge in [-0.2, -0.15) is 0 Å². The van der Waals surface area contributed by atoms with Crippen molar-refractivity contribution in [3.05, 3.63) is 0 Å². The molecule has 0 saturated carbocycles. The van der Waals surface area contributed by atoms with E-state index in [2.05, 4.69) is 12.2 Å². The molecule has 0 aliphatic carbocycles. The van der Waals surface area contributed by atoms with E-state index >= 15 is 0 Å². The molecule has 1 aliphatic heterocycles. The lowest BCUT2D eigenvalue weighted by Crippen LogP contribution is -2.49. The molecule has 0 aromatic heterocycles. The highest BCUT2D eigenvalue weighted by Gasteiger charge is 2.21. The van der Waals surface area contributed by atoms with E-state index in [4.69, 9.17) is 4.74 Å². The number of carbonyl (C=O) groups is 1. The fraction of sp³-hybridized carbons (Fsp3) is 0.938. The average Bonchev–Trinajstić information content (AvgIpc) is 2.50. The molecule has 1 amide bonds. The fourth-order valence-corrected chi connectivity index (χ4v) is 2.55. The van der Waals surface area contributed by atoms with Gasteiger partial charge in [-0.15, -0.1) is 0 Å². The van der Waals surface area contributed by atoms with Gasteiger partial charge in [-0.25, -0.2) is 0 Å². The van der Waals surface area contributed by atoms with Gasteiger partial charge in [-0.1, -0.05) is 45.4 Å². The number of ether oxygens (including phenoxy) is 1. The third-order valence-electron chi connectivity index (χ3n) is 3.92. The van der Waals surface area contributed by atoms with Crippen LogP contribution in [0.15, 0.2) is 0 Å². The van der Waals surface area contributed by atoms with Gasteiger partial charge in [0.15, 0.2) is 0 Å². The van der Waals surface area contributed by atoms with Gasteiger partial charge in [0.1, 0.15) is 0 Å². The van der Waals surface area contributed by atoms with Gasteiger partial charge in [0.2, 0.25) is 5.91 Å². The Morgan fingerprint density at radius 1 is 1.10 bits per heavy atom. The summed E-state index contributed by atoms with van der Waals surface area (Å²) in [5.74, 6) is 0.219. The summed E-state index contributed by atoms with van der Waals surface area (Å²) >= 11 is 0. The van der Waals surface area contributed by atoms with E-state index in [1.165, 1.54) is 44.9 Å². The largest absolute Gasteiger partial charge is 0.378 e. The van der Waals surface area contributed by atoms with Gasteiger partial charge in [0.05, 0.1) is 19.3 Å². The van der Waals surface area contributed by atoms with Crippen LogP contribution in [0.2, 0.25) is 0 Å². The molecule has 0 aromatic carbocycles. The first kappa shape index (κ1) is 17.4. The number of nitrogens with one attached hydrogen (secondary N) is 1. The summed E-state index contributed by atoms with van der Waals surface area (Å²) in [4.78, 5) is 14.1. The number of unbranched alkanes of at least 4 members (excludes halogenated alkanes) is 6. The molecule has 1 N–H and O–H groups in total. The summed E-state index contributed by atoms with van der Waals surface area (Å²) in [6, 6.07) is -0.0619. The molecule has 0 bridgehead atoms. The quantitative estimate of drug-likeness (QED) is 0.627. The number of morpholine rings is 1. The number of hydrogen-bond donors (Lipinski definition) is 1. The van der Waals surface area contributed by atoms with Crippen LogP contribution < -0.4 is 5.32 Å². The smallest absolute Gasteiger partial charge is 0.239 e. The number of rotatable bonds is 10. The second-order valence-electron chi connectivity index (χ2n) is 5.73. The molecule has 1 unspecified atom stereocenters. The number of carbonyl (C=O) groups excluding carboxylic acids is 1. The monoisotopic (exact) mass is 284 g/mol. The van der Waals surface area contributed by atoms with Crippen molar-refractivity contribution < 1.29 is 9.53 Å². The Balaban J connectivity index is 1.98. The Kier molecular flexibility index (Phi) is 9.67. The van der Waals surface area contributed by atoms with Gasteiger partial charge in [0.25, 0.3) is 0 Å². The van der Waals surface area contributed by atoms with Crippen LogP contribution in [0.25, 0.3) is 0 Å². The van der Waals surface area contributed by atoms with Crippen LogP contribution in [0, 0.1) is 0 Å². The summed E-state index contributed by atoms with van der Waals surface area (Å²) in [6.07, 6.45) is 9.17. The molecule has 0 aromatic rings. The predicted octanol–water partition coefficient (Wildman–Crippen LogP) is 2.57. The first-order valence-electron chi connectivity index (χ1n) is 8.35. The first-order chi connectivity index (χ1) is 9.75. The maximum absolute atomic E-state index is 12.1. The lowest BCUT2D eigenvalue weighted by molar-refractivity contribution is -0.137. The Hall–Kier alpha value is -0.610. The van der Waals surface area contributed by atoms with Gasteiger partial charge < -0.3 is 15.0 Å². The van der Waals surface area contributed by atoms with Crippen LogP contribution in [0.1, 0.15) is 58.8 Å². The topological polar surface area (TPSA) is 41.6 Å². The molecule has 20 heavy (non-hydrogen) atoms. The normalized spacial score (nSPS) is 17.2. The maximum Gasteiger partial charge on any atom is 0.239 e. The minimum Gasteiger partial charge on any atom is -0.378 e. The second-order valence-corrected chi connectivity index (χ2v) is 5.73. The van der Waals surface area contributed by atoms with E-state index in [1.54, 1.807) is 0 Å². The lowest BCUT2D eigenvalue weighted by atomic mass is 10.1. The molecule has 1 saturated heterocycles. The van der Waals surface area contributed by atoms with Crippen molar-refractivity contribution in [2.45, 2.75) is 64.8 Å². The molecule has 0 spiro atoms. The van der Waals surface area contributed by atoms with Gasteiger partial charge in [-0.05, 0) is 19.9 Å². The molecule has 4 heteroatoms. The van der Waals surface area contributed by atoms with Crippen molar-refractivity contribution in [3.8, 4) is 0 Å². The highest BCUT2D eigenvalue weighted by molar-refractivity contribution is 5.81. The highest BCUT2D eigenvalue weighted by atomic mass is 16.5. The number of hydrogen-bond acceptors (Lipinski definition) is 3. The zero-order valence-electron chi connectivity index (χ0n) is 13.3. The fourth-order valence-electron chi connectivity index (χ4n) is 2.55. The zero-order valence-corrected chi connectivity index (χ0v) is 13.3. The van der Waals surface area contributed by atoms with Gasteiger partial charge in [0, 0.05) is 13.1 Å². The second kappa shape index (κ2) is 11.1. The highest BCUT2D eigenvalue weighted by Crippen LogP contribution is 2.06. The van der Waals surface area contributed by atoms with Crippen molar-refractivity contribution in [1.29, 1.82) is 0 Å². The first-order valence-corrected chi connectivity index (χ1v) is 8.35. The van der Waals surface area contributed by atoms with Crippen molar-refractivity contribution in [3.63, 3.8) is 0 Å². The van der Waals surface area contributed by atoms with Crippen LogP contribution in [-0.4, -0.2) is 49.7 Å². The standard InChI is InChI=1S/C16H32N2O2/c1-3-4-5-6-7-8-9-10-17-15(2)16(19)18-11-13-20-14-12-18/h15,17H,3-14H2,1-2H3. The molecule has 1 atom stereocenters. The molecule has 1 fully saturated rings. The third kappa shape index (κ3) is 7.25. The Labute approximate surface area is 124 Å². The lowest BCUT2D eigenvalue weighted by Gasteiger charge is -2.29. The van der Waals surface area contributed by atoms with E-state index in [-0.39, 0.29) is 11.9 Å². The van der Waals surface area contributed by atoms with E-state index in [0.717, 1.165) is 19.6 Å². The van der Waals surface area contributed by atoms with Gasteiger partial charge >= 0.3 is 0 Å². The molecule has 4 nitrogen and oxygen atoms in total. The minimum atomic E-state index is -0.0619. The summed E-state index contributed by atoms with van der Waals surface area (Å²) in [6.45, 7) is 8.00. The number of nitrogens with zero attached hydrogens (tertiary/aromatic N) is 1. The molecule has 1 aliphatic rings. The van der Waals surface area contributed by atoms with E-state index in [0.29, 0.717) is 13.2 Å². The molecule has 1 rings (SSSR count).